The number of ether oxygens (including phenoxy) is 1. The van der Waals surface area contributed by atoms with Crippen LogP contribution in [0.4, 0.5) is 0 Å². The molecule has 31 heavy (non-hydrogen) atoms. The lowest BCUT2D eigenvalue weighted by molar-refractivity contribution is 0.303. The number of benzene rings is 2. The van der Waals surface area contributed by atoms with Crippen LogP contribution in [0.25, 0.3) is 5.69 Å². The fraction of sp³-hybridized carbons (Fsp3) is 0.381. The van der Waals surface area contributed by atoms with Gasteiger partial charge in [0, 0.05) is 30.4 Å². The fourth-order valence-electron chi connectivity index (χ4n) is 3.97. The Balaban J connectivity index is 1.58. The van der Waals surface area contributed by atoms with Crippen molar-refractivity contribution in [3.05, 3.63) is 59.7 Å². The summed E-state index contributed by atoms with van der Waals surface area (Å²) >= 11 is 0. The van der Waals surface area contributed by atoms with Crippen LogP contribution in [-0.4, -0.2) is 54.6 Å². The smallest absolute Gasteiger partial charge is 0.272 e. The molecular weight excluding hydrogens is 416 g/mol. The molecule has 0 bridgehead atoms. The zero-order valence-corrected chi connectivity index (χ0v) is 18.3. The Morgan fingerprint density at radius 2 is 2.03 bits per heavy atom. The average molecular weight is 443 g/mol. The number of hydrogen-bond donors (Lipinski definition) is 2. The average Bonchev–Trinajstić information content (AvgIpc) is 3.29. The molecule has 1 aromatic heterocycles. The van der Waals surface area contributed by atoms with Crippen molar-refractivity contribution < 1.29 is 13.2 Å². The van der Waals surface area contributed by atoms with Crippen molar-refractivity contribution in [2.75, 3.05) is 19.9 Å². The van der Waals surface area contributed by atoms with Gasteiger partial charge in [-0.05, 0) is 53.6 Å². The summed E-state index contributed by atoms with van der Waals surface area (Å²) in [5.74, 6) is 0.713. The summed E-state index contributed by atoms with van der Waals surface area (Å²) in [7, 11) is -1.94. The first kappa shape index (κ1) is 21.4. The summed E-state index contributed by atoms with van der Waals surface area (Å²) in [6.45, 7) is 1.55. The lowest BCUT2D eigenvalue weighted by Crippen LogP contribution is -2.45. The number of tetrazole rings is 1. The summed E-state index contributed by atoms with van der Waals surface area (Å²) in [6, 6.07) is 16.3. The molecule has 2 unspecified atom stereocenters. The fourth-order valence-corrected chi connectivity index (χ4v) is 4.61. The molecule has 0 aliphatic carbocycles. The van der Waals surface area contributed by atoms with Crippen LogP contribution in [0.2, 0.25) is 0 Å². The van der Waals surface area contributed by atoms with Crippen molar-refractivity contribution in [2.45, 2.75) is 36.6 Å². The van der Waals surface area contributed by atoms with E-state index in [-0.39, 0.29) is 17.2 Å². The number of aromatic nitrogens is 4. The van der Waals surface area contributed by atoms with Gasteiger partial charge in [0.05, 0.1) is 12.8 Å². The molecule has 164 valence electrons. The van der Waals surface area contributed by atoms with E-state index in [4.69, 9.17) is 4.74 Å². The number of nitrogens with zero attached hydrogens (tertiary/aromatic N) is 4. The molecule has 1 aliphatic rings. The quantitative estimate of drug-likeness (QED) is 0.568. The molecule has 9 nitrogen and oxygen atoms in total. The van der Waals surface area contributed by atoms with Crippen molar-refractivity contribution in [1.29, 1.82) is 0 Å². The van der Waals surface area contributed by atoms with Crippen LogP contribution < -0.4 is 15.4 Å². The second kappa shape index (κ2) is 9.13. The molecule has 0 spiro atoms. The monoisotopic (exact) mass is 442 g/mol. The standard InChI is InChI=1S/C21H26N6O3S/c1-30-19-11-10-17(27-21(24-25-26-27)31(2,28)29)13-16(19)14-23-18-9-6-12-22-20(18)15-7-4-3-5-8-15/h3-5,7-8,10-11,13,18,20,22-23H,6,9,12,14H2,1-2H3. The predicted molar refractivity (Wildman–Crippen MR) is 116 cm³/mol. The van der Waals surface area contributed by atoms with Crippen LogP contribution in [0.15, 0.2) is 53.7 Å². The normalized spacial score (nSPS) is 19.3. The van der Waals surface area contributed by atoms with Gasteiger partial charge >= 0.3 is 0 Å². The highest BCUT2D eigenvalue weighted by molar-refractivity contribution is 7.90. The molecule has 0 radical (unpaired) electrons. The van der Waals surface area contributed by atoms with Gasteiger partial charge in [0.1, 0.15) is 5.75 Å². The van der Waals surface area contributed by atoms with Gasteiger partial charge in [-0.2, -0.15) is 4.68 Å². The van der Waals surface area contributed by atoms with Crippen molar-refractivity contribution in [1.82, 2.24) is 30.8 Å². The highest BCUT2D eigenvalue weighted by Crippen LogP contribution is 2.26. The maximum Gasteiger partial charge on any atom is 0.272 e. The van der Waals surface area contributed by atoms with Gasteiger partial charge in [-0.15, -0.1) is 0 Å². The highest BCUT2D eigenvalue weighted by Gasteiger charge is 2.26. The second-order valence-corrected chi connectivity index (χ2v) is 9.52. The highest BCUT2D eigenvalue weighted by atomic mass is 32.2. The minimum Gasteiger partial charge on any atom is -0.496 e. The zero-order valence-electron chi connectivity index (χ0n) is 17.5. The molecule has 0 saturated carbocycles. The summed E-state index contributed by atoms with van der Waals surface area (Å²) < 4.78 is 30.7. The van der Waals surface area contributed by atoms with Crippen molar-refractivity contribution in [3.8, 4) is 11.4 Å². The summed E-state index contributed by atoms with van der Waals surface area (Å²) in [5, 5.41) is 18.1. The molecule has 10 heteroatoms. The first-order valence-corrected chi connectivity index (χ1v) is 12.0. The number of hydrogen-bond acceptors (Lipinski definition) is 8. The predicted octanol–water partition coefficient (Wildman–Crippen LogP) is 1.66. The van der Waals surface area contributed by atoms with Crippen LogP contribution in [0.1, 0.15) is 30.0 Å². The SMILES string of the molecule is COc1ccc(-n2nnnc2S(C)(=O)=O)cc1CNC1CCCNC1c1ccccc1. The Kier molecular flexibility index (Phi) is 6.30. The second-order valence-electron chi connectivity index (χ2n) is 7.61. The van der Waals surface area contributed by atoms with Gasteiger partial charge in [0.15, 0.2) is 0 Å². The van der Waals surface area contributed by atoms with Gasteiger partial charge in [-0.25, -0.2) is 8.42 Å². The van der Waals surface area contributed by atoms with E-state index in [0.29, 0.717) is 18.0 Å². The van der Waals surface area contributed by atoms with Gasteiger partial charge in [-0.1, -0.05) is 35.4 Å². The van der Waals surface area contributed by atoms with E-state index >= 15 is 0 Å². The lowest BCUT2D eigenvalue weighted by Gasteiger charge is -2.34. The van der Waals surface area contributed by atoms with E-state index in [0.717, 1.165) is 31.2 Å². The number of piperidine rings is 1. The Morgan fingerprint density at radius 3 is 2.77 bits per heavy atom. The third kappa shape index (κ3) is 4.76. The van der Waals surface area contributed by atoms with E-state index in [1.54, 1.807) is 19.2 Å². The first-order valence-electron chi connectivity index (χ1n) is 10.1. The Bertz CT molecular complexity index is 1130. The molecule has 3 aromatic rings. The van der Waals surface area contributed by atoms with E-state index in [2.05, 4.69) is 50.4 Å². The molecular formula is C21H26N6O3S. The van der Waals surface area contributed by atoms with Crippen molar-refractivity contribution >= 4 is 9.84 Å². The van der Waals surface area contributed by atoms with Crippen LogP contribution >= 0.6 is 0 Å². The number of sulfone groups is 1. The third-order valence-electron chi connectivity index (χ3n) is 5.45. The van der Waals surface area contributed by atoms with Gasteiger partial charge < -0.3 is 15.4 Å². The van der Waals surface area contributed by atoms with Gasteiger partial charge in [0.2, 0.25) is 9.84 Å². The lowest BCUT2D eigenvalue weighted by atomic mass is 9.92. The first-order chi connectivity index (χ1) is 15.0. The molecule has 4 rings (SSSR count). The van der Waals surface area contributed by atoms with Crippen LogP contribution in [0.3, 0.4) is 0 Å². The number of rotatable bonds is 7. The Labute approximate surface area is 181 Å². The molecule has 1 saturated heterocycles. The maximum absolute atomic E-state index is 12.0. The van der Waals surface area contributed by atoms with E-state index in [1.807, 2.05) is 12.1 Å². The van der Waals surface area contributed by atoms with Crippen LogP contribution in [-0.2, 0) is 16.4 Å². The topological polar surface area (TPSA) is 111 Å². The Morgan fingerprint density at radius 1 is 1.23 bits per heavy atom. The van der Waals surface area contributed by atoms with Crippen molar-refractivity contribution in [3.63, 3.8) is 0 Å². The maximum atomic E-state index is 12.0. The molecule has 2 atom stereocenters. The molecule has 2 heterocycles. The molecule has 2 aromatic carbocycles. The van der Waals surface area contributed by atoms with Crippen molar-refractivity contribution in [2.24, 2.45) is 0 Å². The molecule has 0 amide bonds. The van der Waals surface area contributed by atoms with Gasteiger partial charge in [-0.3, -0.25) is 0 Å². The van der Waals surface area contributed by atoms with Gasteiger partial charge in [0.25, 0.3) is 5.16 Å². The van der Waals surface area contributed by atoms with E-state index < -0.39 is 9.84 Å². The number of methoxy groups -OCH3 is 1. The molecule has 1 aliphatic heterocycles. The molecule has 1 fully saturated rings. The third-order valence-corrected chi connectivity index (χ3v) is 6.37. The molecule has 2 N–H and O–H groups in total. The van der Waals surface area contributed by atoms with Crippen LogP contribution in [0.5, 0.6) is 5.75 Å². The minimum atomic E-state index is -3.56. The number of nitrogens with one attached hydrogen (secondary N) is 2. The Hall–Kier alpha value is -2.82. The minimum absolute atomic E-state index is 0.197. The summed E-state index contributed by atoms with van der Waals surface area (Å²) in [6.07, 6.45) is 3.24. The van der Waals surface area contributed by atoms with E-state index in [1.165, 1.54) is 10.2 Å². The van der Waals surface area contributed by atoms with Crippen LogP contribution in [0, 0.1) is 0 Å². The summed E-state index contributed by atoms with van der Waals surface area (Å²) in [5.41, 5.74) is 2.71. The largest absolute Gasteiger partial charge is 0.496 e. The summed E-state index contributed by atoms with van der Waals surface area (Å²) in [4.78, 5) is 0. The zero-order chi connectivity index (χ0) is 21.8. The van der Waals surface area contributed by atoms with E-state index in [9.17, 15) is 8.42 Å².